The third-order valence-electron chi connectivity index (χ3n) is 2.86. The van der Waals surface area contributed by atoms with Crippen molar-refractivity contribution in [1.29, 1.82) is 0 Å². The van der Waals surface area contributed by atoms with Gasteiger partial charge in [-0.2, -0.15) is 0 Å². The quantitative estimate of drug-likeness (QED) is 0.753. The molecule has 0 saturated carbocycles. The number of hydrogen-bond donors (Lipinski definition) is 2. The van der Waals surface area contributed by atoms with Crippen LogP contribution in [-0.4, -0.2) is 25.1 Å². The fraction of sp³-hybridized carbons (Fsp3) is 0.533. The van der Waals surface area contributed by atoms with E-state index in [2.05, 4.69) is 5.32 Å². The number of rotatable bonds is 8. The zero-order chi connectivity index (χ0) is 14.1. The van der Waals surface area contributed by atoms with Crippen LogP contribution >= 0.6 is 0 Å². The molecule has 1 amide bonds. The third kappa shape index (κ3) is 5.75. The molecule has 4 heteroatoms. The second-order valence-electron chi connectivity index (χ2n) is 4.52. The smallest absolute Gasteiger partial charge is 0.236 e. The molecule has 0 saturated heterocycles. The van der Waals surface area contributed by atoms with Gasteiger partial charge in [-0.25, -0.2) is 0 Å². The standard InChI is InChI=1S/C15H24N2O2/c1-3-6-14(16)15(18)17-10-9-12-7-5-8-13(11-12)19-4-2/h5,7-8,11,14H,3-4,6,9-10,16H2,1-2H3,(H,17,18). The van der Waals surface area contributed by atoms with Gasteiger partial charge >= 0.3 is 0 Å². The Labute approximate surface area is 115 Å². The number of benzene rings is 1. The van der Waals surface area contributed by atoms with E-state index in [1.54, 1.807) is 0 Å². The number of carbonyl (C=O) groups excluding carboxylic acids is 1. The molecular formula is C15H24N2O2. The summed E-state index contributed by atoms with van der Waals surface area (Å²) < 4.78 is 5.44. The van der Waals surface area contributed by atoms with Gasteiger partial charge in [-0.15, -0.1) is 0 Å². The van der Waals surface area contributed by atoms with Gasteiger partial charge in [0.05, 0.1) is 12.6 Å². The Balaban J connectivity index is 2.36. The van der Waals surface area contributed by atoms with Crippen LogP contribution in [0.15, 0.2) is 24.3 Å². The first kappa shape index (κ1) is 15.5. The summed E-state index contributed by atoms with van der Waals surface area (Å²) in [5.74, 6) is 0.803. The van der Waals surface area contributed by atoms with Crippen molar-refractivity contribution in [2.24, 2.45) is 5.73 Å². The Morgan fingerprint density at radius 3 is 2.89 bits per heavy atom. The second kappa shape index (κ2) is 8.53. The fourth-order valence-corrected chi connectivity index (χ4v) is 1.86. The van der Waals surface area contributed by atoms with Crippen LogP contribution in [0.5, 0.6) is 5.75 Å². The Morgan fingerprint density at radius 1 is 1.42 bits per heavy atom. The maximum absolute atomic E-state index is 11.6. The van der Waals surface area contributed by atoms with Crippen LogP contribution < -0.4 is 15.8 Å². The number of carbonyl (C=O) groups is 1. The summed E-state index contributed by atoms with van der Waals surface area (Å²) in [6.07, 6.45) is 2.43. The second-order valence-corrected chi connectivity index (χ2v) is 4.52. The van der Waals surface area contributed by atoms with Crippen LogP contribution in [0.4, 0.5) is 0 Å². The molecule has 0 aromatic heterocycles. The molecule has 3 N–H and O–H groups in total. The van der Waals surface area contributed by atoms with Crippen LogP contribution in [0.25, 0.3) is 0 Å². The largest absolute Gasteiger partial charge is 0.494 e. The Bertz CT molecular complexity index is 393. The predicted octanol–water partition coefficient (Wildman–Crippen LogP) is 1.87. The maximum atomic E-state index is 11.6. The summed E-state index contributed by atoms with van der Waals surface area (Å²) in [7, 11) is 0. The average Bonchev–Trinajstić information content (AvgIpc) is 2.40. The maximum Gasteiger partial charge on any atom is 0.236 e. The van der Waals surface area contributed by atoms with E-state index in [9.17, 15) is 4.79 Å². The van der Waals surface area contributed by atoms with Crippen molar-refractivity contribution in [3.63, 3.8) is 0 Å². The van der Waals surface area contributed by atoms with E-state index in [4.69, 9.17) is 10.5 Å². The highest BCUT2D eigenvalue weighted by Crippen LogP contribution is 2.13. The Hall–Kier alpha value is -1.55. The molecule has 19 heavy (non-hydrogen) atoms. The van der Waals surface area contributed by atoms with E-state index in [1.807, 2.05) is 38.1 Å². The van der Waals surface area contributed by atoms with Crippen LogP contribution in [-0.2, 0) is 11.2 Å². The van der Waals surface area contributed by atoms with Crippen molar-refractivity contribution >= 4 is 5.91 Å². The number of amides is 1. The Morgan fingerprint density at radius 2 is 2.21 bits per heavy atom. The minimum atomic E-state index is -0.389. The van der Waals surface area contributed by atoms with E-state index in [1.165, 1.54) is 0 Å². The van der Waals surface area contributed by atoms with Gasteiger partial charge in [0.25, 0.3) is 0 Å². The van der Waals surface area contributed by atoms with Crippen molar-refractivity contribution in [1.82, 2.24) is 5.32 Å². The third-order valence-corrected chi connectivity index (χ3v) is 2.86. The molecule has 0 aliphatic rings. The SMILES string of the molecule is CCCC(N)C(=O)NCCc1cccc(OCC)c1. The summed E-state index contributed by atoms with van der Waals surface area (Å²) >= 11 is 0. The number of nitrogens with two attached hydrogens (primary N) is 1. The molecule has 1 unspecified atom stereocenters. The molecule has 0 spiro atoms. The topological polar surface area (TPSA) is 64.4 Å². The first-order valence-corrected chi connectivity index (χ1v) is 6.92. The first-order valence-electron chi connectivity index (χ1n) is 6.92. The molecule has 1 rings (SSSR count). The van der Waals surface area contributed by atoms with Crippen LogP contribution in [0.1, 0.15) is 32.3 Å². The van der Waals surface area contributed by atoms with Crippen LogP contribution in [0.3, 0.4) is 0 Å². The van der Waals surface area contributed by atoms with Gasteiger partial charge in [-0.3, -0.25) is 4.79 Å². The predicted molar refractivity (Wildman–Crippen MR) is 77.2 cm³/mol. The summed E-state index contributed by atoms with van der Waals surface area (Å²) in [6, 6.07) is 7.54. The van der Waals surface area contributed by atoms with Crippen LogP contribution in [0, 0.1) is 0 Å². The molecule has 0 aliphatic heterocycles. The summed E-state index contributed by atoms with van der Waals surface area (Å²) in [6.45, 7) is 5.24. The summed E-state index contributed by atoms with van der Waals surface area (Å²) in [5, 5.41) is 2.86. The number of hydrogen-bond acceptors (Lipinski definition) is 3. The lowest BCUT2D eigenvalue weighted by molar-refractivity contribution is -0.122. The molecule has 0 fully saturated rings. The highest BCUT2D eigenvalue weighted by atomic mass is 16.5. The lowest BCUT2D eigenvalue weighted by Gasteiger charge is -2.11. The van der Waals surface area contributed by atoms with Gasteiger partial charge in [0.2, 0.25) is 5.91 Å². The van der Waals surface area contributed by atoms with Crippen molar-refractivity contribution in [3.8, 4) is 5.75 Å². The minimum Gasteiger partial charge on any atom is -0.494 e. The van der Waals surface area contributed by atoms with E-state index in [0.29, 0.717) is 13.2 Å². The van der Waals surface area contributed by atoms with Crippen molar-refractivity contribution in [2.75, 3.05) is 13.2 Å². The summed E-state index contributed by atoms with van der Waals surface area (Å²) in [4.78, 5) is 11.6. The molecule has 0 aliphatic carbocycles. The molecule has 0 bridgehead atoms. The molecule has 0 radical (unpaired) electrons. The highest BCUT2D eigenvalue weighted by molar-refractivity contribution is 5.81. The Kier molecular flexibility index (Phi) is 6.97. The molecule has 1 aromatic rings. The fourth-order valence-electron chi connectivity index (χ4n) is 1.86. The molecule has 0 heterocycles. The van der Waals surface area contributed by atoms with Crippen molar-refractivity contribution in [3.05, 3.63) is 29.8 Å². The van der Waals surface area contributed by atoms with E-state index < -0.39 is 0 Å². The zero-order valence-electron chi connectivity index (χ0n) is 11.8. The van der Waals surface area contributed by atoms with Crippen LogP contribution in [0.2, 0.25) is 0 Å². The molecule has 106 valence electrons. The highest BCUT2D eigenvalue weighted by Gasteiger charge is 2.10. The van der Waals surface area contributed by atoms with Gasteiger partial charge in [0.1, 0.15) is 5.75 Å². The molecule has 1 aromatic carbocycles. The molecule has 1 atom stereocenters. The van der Waals surface area contributed by atoms with Gasteiger partial charge in [-0.1, -0.05) is 25.5 Å². The average molecular weight is 264 g/mol. The number of nitrogens with one attached hydrogen (secondary N) is 1. The van der Waals surface area contributed by atoms with E-state index in [-0.39, 0.29) is 11.9 Å². The van der Waals surface area contributed by atoms with Gasteiger partial charge in [0, 0.05) is 6.54 Å². The normalized spacial score (nSPS) is 11.9. The lowest BCUT2D eigenvalue weighted by Crippen LogP contribution is -2.41. The van der Waals surface area contributed by atoms with E-state index in [0.717, 1.165) is 30.6 Å². The van der Waals surface area contributed by atoms with Crippen molar-refractivity contribution in [2.45, 2.75) is 39.2 Å². The molecular weight excluding hydrogens is 240 g/mol. The van der Waals surface area contributed by atoms with Gasteiger partial charge < -0.3 is 15.8 Å². The molecule has 4 nitrogen and oxygen atoms in total. The van der Waals surface area contributed by atoms with Gasteiger partial charge in [-0.05, 0) is 37.5 Å². The number of ether oxygens (including phenoxy) is 1. The lowest BCUT2D eigenvalue weighted by atomic mass is 10.1. The minimum absolute atomic E-state index is 0.0668. The van der Waals surface area contributed by atoms with Gasteiger partial charge in [0.15, 0.2) is 0 Å². The van der Waals surface area contributed by atoms with Crippen molar-refractivity contribution < 1.29 is 9.53 Å². The zero-order valence-corrected chi connectivity index (χ0v) is 11.8. The summed E-state index contributed by atoms with van der Waals surface area (Å²) in [5.41, 5.74) is 6.89. The first-order chi connectivity index (χ1) is 9.17. The monoisotopic (exact) mass is 264 g/mol. The van der Waals surface area contributed by atoms with E-state index >= 15 is 0 Å².